The summed E-state index contributed by atoms with van der Waals surface area (Å²) >= 11 is 0. The van der Waals surface area contributed by atoms with E-state index in [1.807, 2.05) is 0 Å². The first kappa shape index (κ1) is 20.7. The van der Waals surface area contributed by atoms with Gasteiger partial charge in [-0.25, -0.2) is 12.8 Å². The van der Waals surface area contributed by atoms with Crippen LogP contribution < -0.4 is 9.62 Å². The van der Waals surface area contributed by atoms with Gasteiger partial charge in [-0.05, 0) is 37.3 Å². The second kappa shape index (κ2) is 7.55. The first-order valence-corrected chi connectivity index (χ1v) is 9.48. The second-order valence-corrected chi connectivity index (χ2v) is 7.61. The maximum absolute atomic E-state index is 14.0. The molecule has 0 spiro atoms. The topological polar surface area (TPSA) is 66.5 Å². The van der Waals surface area contributed by atoms with Gasteiger partial charge in [0.2, 0.25) is 15.9 Å². The van der Waals surface area contributed by atoms with E-state index in [0.717, 1.165) is 30.5 Å². The number of para-hydroxylation sites is 1. The summed E-state index contributed by atoms with van der Waals surface area (Å²) in [7, 11) is -4.06. The van der Waals surface area contributed by atoms with Gasteiger partial charge in [0.05, 0.1) is 17.5 Å². The number of hydrogen-bond acceptors (Lipinski definition) is 3. The SMILES string of the molecule is C[C@@H](C(=O)Nc1cccc(C(F)(F)F)c1)N(c1ccccc1F)S(C)(=O)=O. The van der Waals surface area contributed by atoms with Crippen molar-refractivity contribution in [3.8, 4) is 0 Å². The molecule has 10 heteroatoms. The van der Waals surface area contributed by atoms with Crippen molar-refractivity contribution in [3.63, 3.8) is 0 Å². The van der Waals surface area contributed by atoms with Gasteiger partial charge in [-0.1, -0.05) is 18.2 Å². The summed E-state index contributed by atoms with van der Waals surface area (Å²) in [4.78, 5) is 12.4. The molecule has 2 aromatic carbocycles. The predicted octanol–water partition coefficient (Wildman–Crippen LogP) is 3.64. The maximum Gasteiger partial charge on any atom is 0.416 e. The Bertz CT molecular complexity index is 945. The zero-order valence-electron chi connectivity index (χ0n) is 14.3. The lowest BCUT2D eigenvalue weighted by Gasteiger charge is -2.28. The highest BCUT2D eigenvalue weighted by Crippen LogP contribution is 2.31. The van der Waals surface area contributed by atoms with Crippen LogP contribution in [0.3, 0.4) is 0 Å². The molecule has 0 saturated heterocycles. The van der Waals surface area contributed by atoms with Crippen LogP contribution in [-0.4, -0.2) is 26.6 Å². The number of anilines is 2. The number of nitrogens with zero attached hydrogens (tertiary/aromatic N) is 1. The fourth-order valence-corrected chi connectivity index (χ4v) is 3.61. The van der Waals surface area contributed by atoms with Crippen molar-refractivity contribution < 1.29 is 30.8 Å². The monoisotopic (exact) mass is 404 g/mol. The number of carbonyl (C=O) groups is 1. The van der Waals surface area contributed by atoms with Crippen molar-refractivity contribution in [2.24, 2.45) is 0 Å². The summed E-state index contributed by atoms with van der Waals surface area (Å²) in [5, 5.41) is 2.23. The second-order valence-electron chi connectivity index (χ2n) is 5.75. The molecule has 0 aliphatic rings. The van der Waals surface area contributed by atoms with Crippen molar-refractivity contribution in [1.82, 2.24) is 0 Å². The van der Waals surface area contributed by atoms with Gasteiger partial charge in [0.15, 0.2) is 0 Å². The van der Waals surface area contributed by atoms with Gasteiger partial charge in [0.25, 0.3) is 0 Å². The number of amides is 1. The van der Waals surface area contributed by atoms with Crippen LogP contribution in [0.1, 0.15) is 12.5 Å². The number of carbonyl (C=O) groups excluding carboxylic acids is 1. The summed E-state index contributed by atoms with van der Waals surface area (Å²) in [5.41, 5.74) is -1.47. The number of nitrogens with one attached hydrogen (secondary N) is 1. The third kappa shape index (κ3) is 4.97. The Morgan fingerprint density at radius 1 is 1.11 bits per heavy atom. The molecule has 0 bridgehead atoms. The van der Waals surface area contributed by atoms with Crippen molar-refractivity contribution in [2.75, 3.05) is 15.9 Å². The normalized spacial score (nSPS) is 13.1. The van der Waals surface area contributed by atoms with Crippen molar-refractivity contribution in [3.05, 3.63) is 59.9 Å². The van der Waals surface area contributed by atoms with E-state index in [4.69, 9.17) is 0 Å². The summed E-state index contributed by atoms with van der Waals surface area (Å²) in [6.07, 6.45) is -3.80. The van der Waals surface area contributed by atoms with Crippen LogP contribution in [0, 0.1) is 5.82 Å². The molecule has 2 rings (SSSR count). The van der Waals surface area contributed by atoms with E-state index in [9.17, 15) is 30.8 Å². The van der Waals surface area contributed by atoms with Gasteiger partial charge >= 0.3 is 6.18 Å². The summed E-state index contributed by atoms with van der Waals surface area (Å²) in [5.74, 6) is -1.77. The fraction of sp³-hybridized carbons (Fsp3) is 0.235. The van der Waals surface area contributed by atoms with E-state index in [-0.39, 0.29) is 11.4 Å². The van der Waals surface area contributed by atoms with E-state index in [0.29, 0.717) is 4.31 Å². The molecular weight excluding hydrogens is 388 g/mol. The Labute approximate surface area is 153 Å². The molecule has 1 atom stereocenters. The van der Waals surface area contributed by atoms with E-state index >= 15 is 0 Å². The van der Waals surface area contributed by atoms with Gasteiger partial charge < -0.3 is 5.32 Å². The van der Waals surface area contributed by atoms with Crippen molar-refractivity contribution >= 4 is 27.3 Å². The standard InChI is InChI=1S/C17H16F4N2O3S/c1-11(23(27(2,25)26)15-9-4-3-8-14(15)18)16(24)22-13-7-5-6-12(10-13)17(19,20)21/h3-11H,1-2H3,(H,22,24)/t11-/m0/s1. The molecule has 146 valence electrons. The Morgan fingerprint density at radius 2 is 1.74 bits per heavy atom. The first-order chi connectivity index (χ1) is 12.4. The largest absolute Gasteiger partial charge is 0.416 e. The average molecular weight is 404 g/mol. The van der Waals surface area contributed by atoms with Gasteiger partial charge in [-0.15, -0.1) is 0 Å². The van der Waals surface area contributed by atoms with Crippen LogP contribution >= 0.6 is 0 Å². The molecule has 0 fully saturated rings. The van der Waals surface area contributed by atoms with E-state index in [1.54, 1.807) is 0 Å². The van der Waals surface area contributed by atoms with Crippen LogP contribution in [0.15, 0.2) is 48.5 Å². The lowest BCUT2D eigenvalue weighted by Crippen LogP contribution is -2.45. The molecule has 1 N–H and O–H groups in total. The van der Waals surface area contributed by atoms with Gasteiger partial charge in [0, 0.05) is 5.69 Å². The predicted molar refractivity (Wildman–Crippen MR) is 93.3 cm³/mol. The minimum absolute atomic E-state index is 0.163. The number of alkyl halides is 3. The Kier molecular flexibility index (Phi) is 5.79. The fourth-order valence-electron chi connectivity index (χ4n) is 2.43. The number of hydrogen-bond donors (Lipinski definition) is 1. The van der Waals surface area contributed by atoms with E-state index in [1.165, 1.54) is 31.2 Å². The highest BCUT2D eigenvalue weighted by atomic mass is 32.2. The quantitative estimate of drug-likeness (QED) is 0.774. The molecule has 0 radical (unpaired) electrons. The molecular formula is C17H16F4N2O3S. The average Bonchev–Trinajstić information content (AvgIpc) is 2.55. The highest BCUT2D eigenvalue weighted by Gasteiger charge is 2.32. The number of rotatable bonds is 5. The summed E-state index contributed by atoms with van der Waals surface area (Å²) in [6, 6.07) is 7.45. The Hall–Kier alpha value is -2.62. The zero-order valence-corrected chi connectivity index (χ0v) is 15.1. The minimum Gasteiger partial charge on any atom is -0.324 e. The molecule has 2 aromatic rings. The smallest absolute Gasteiger partial charge is 0.324 e. The molecule has 0 heterocycles. The number of sulfonamides is 1. The lowest BCUT2D eigenvalue weighted by molar-refractivity contribution is -0.137. The van der Waals surface area contributed by atoms with Crippen molar-refractivity contribution in [2.45, 2.75) is 19.1 Å². The van der Waals surface area contributed by atoms with E-state index < -0.39 is 39.5 Å². The third-order valence-electron chi connectivity index (χ3n) is 3.64. The molecule has 27 heavy (non-hydrogen) atoms. The Morgan fingerprint density at radius 3 is 2.30 bits per heavy atom. The molecule has 1 amide bonds. The molecule has 0 saturated carbocycles. The van der Waals surface area contributed by atoms with E-state index in [2.05, 4.69) is 5.32 Å². The highest BCUT2D eigenvalue weighted by molar-refractivity contribution is 7.92. The molecule has 0 aliphatic heterocycles. The summed E-state index contributed by atoms with van der Waals surface area (Å²) < 4.78 is 77.1. The van der Waals surface area contributed by atoms with Crippen LogP contribution in [0.2, 0.25) is 0 Å². The van der Waals surface area contributed by atoms with Gasteiger partial charge in [-0.3, -0.25) is 9.10 Å². The van der Waals surface area contributed by atoms with Gasteiger partial charge in [-0.2, -0.15) is 13.2 Å². The maximum atomic E-state index is 14.0. The zero-order chi connectivity index (χ0) is 20.4. The number of halogens is 4. The molecule has 0 aliphatic carbocycles. The summed E-state index contributed by atoms with van der Waals surface area (Å²) in [6.45, 7) is 1.20. The van der Waals surface area contributed by atoms with Gasteiger partial charge in [0.1, 0.15) is 11.9 Å². The van der Waals surface area contributed by atoms with Crippen LogP contribution in [0.5, 0.6) is 0 Å². The molecule has 5 nitrogen and oxygen atoms in total. The third-order valence-corrected chi connectivity index (χ3v) is 4.86. The number of benzene rings is 2. The van der Waals surface area contributed by atoms with Crippen LogP contribution in [-0.2, 0) is 21.0 Å². The first-order valence-electron chi connectivity index (χ1n) is 7.63. The van der Waals surface area contributed by atoms with Crippen LogP contribution in [0.25, 0.3) is 0 Å². The molecule has 0 unspecified atom stereocenters. The van der Waals surface area contributed by atoms with Crippen LogP contribution in [0.4, 0.5) is 28.9 Å². The molecule has 0 aromatic heterocycles. The van der Waals surface area contributed by atoms with Crippen molar-refractivity contribution in [1.29, 1.82) is 0 Å². The Balaban J connectivity index is 2.33. The lowest BCUT2D eigenvalue weighted by atomic mass is 10.2. The minimum atomic E-state index is -4.60.